The molecule has 2 fully saturated rings. The van der Waals surface area contributed by atoms with Gasteiger partial charge in [-0.05, 0) is 19.3 Å². The molecule has 1 aromatic rings. The Morgan fingerprint density at radius 1 is 1.46 bits per heavy atom. The second-order valence-electron chi connectivity index (χ2n) is 6.37. The first kappa shape index (κ1) is 19.1. The van der Waals surface area contributed by atoms with Gasteiger partial charge in [-0.15, -0.1) is 14.5 Å². The molecule has 0 aliphatic carbocycles. The van der Waals surface area contributed by atoms with E-state index in [1.807, 2.05) is 0 Å². The lowest BCUT2D eigenvalue weighted by Crippen LogP contribution is -2.55. The van der Waals surface area contributed by atoms with Crippen molar-refractivity contribution in [1.82, 2.24) is 25.9 Å². The zero-order chi connectivity index (χ0) is 18.7. The molecule has 0 aromatic carbocycles. The average molecular weight is 390 g/mol. The van der Waals surface area contributed by atoms with Crippen LogP contribution in [-0.4, -0.2) is 59.3 Å². The molecule has 0 bridgehead atoms. The van der Waals surface area contributed by atoms with Gasteiger partial charge in [-0.2, -0.15) is 13.5 Å². The summed E-state index contributed by atoms with van der Waals surface area (Å²) in [5, 5.41) is 15.0. The third-order valence-electron chi connectivity index (χ3n) is 4.38. The third kappa shape index (κ3) is 4.96. The highest BCUT2D eigenvalue weighted by molar-refractivity contribution is 7.80. The summed E-state index contributed by atoms with van der Waals surface area (Å²) in [5.74, 6) is 0.215. The lowest BCUT2D eigenvalue weighted by molar-refractivity contribution is -0.157. The van der Waals surface area contributed by atoms with E-state index < -0.39 is 28.4 Å². The molecule has 2 atom stereocenters. The Balaban J connectivity index is 1.49. The van der Waals surface area contributed by atoms with Crippen LogP contribution in [0.15, 0.2) is 4.42 Å². The molecule has 146 valence electrons. The number of nitrogens with two attached hydrogens (primary N) is 1. The minimum atomic E-state index is -4.75. The Kier molecular flexibility index (Phi) is 5.84. The summed E-state index contributed by atoms with van der Waals surface area (Å²) < 4.78 is 40.3. The predicted octanol–water partition coefficient (Wildman–Crippen LogP) is -1.36. The molecule has 13 heteroatoms. The predicted molar refractivity (Wildman–Crippen MR) is 86.5 cm³/mol. The fourth-order valence-corrected chi connectivity index (χ4v) is 3.24. The molecule has 26 heavy (non-hydrogen) atoms. The van der Waals surface area contributed by atoms with E-state index in [2.05, 4.69) is 25.1 Å². The summed E-state index contributed by atoms with van der Waals surface area (Å²) in [5.41, 5.74) is 6.05. The number of hydrogen-bond acceptors (Lipinski definition) is 10. The van der Waals surface area contributed by atoms with Crippen molar-refractivity contribution in [3.8, 4) is 0 Å². The van der Waals surface area contributed by atoms with Crippen molar-refractivity contribution >= 4 is 16.3 Å². The minimum absolute atomic E-state index is 0.141. The molecule has 3 rings (SSSR count). The Labute approximate surface area is 150 Å². The van der Waals surface area contributed by atoms with Gasteiger partial charge < -0.3 is 20.8 Å². The van der Waals surface area contributed by atoms with Crippen molar-refractivity contribution in [3.05, 3.63) is 11.8 Å². The van der Waals surface area contributed by atoms with E-state index in [0.717, 1.165) is 13.1 Å². The first-order valence-corrected chi connectivity index (χ1v) is 9.69. The maximum absolute atomic E-state index is 11.7. The summed E-state index contributed by atoms with van der Waals surface area (Å²) in [4.78, 5) is 11.7. The van der Waals surface area contributed by atoms with Crippen molar-refractivity contribution in [1.29, 1.82) is 0 Å². The van der Waals surface area contributed by atoms with Gasteiger partial charge in [0.2, 0.25) is 17.7 Å². The third-order valence-corrected chi connectivity index (χ3v) is 4.73. The second kappa shape index (κ2) is 7.94. The number of nitrogens with zero attached hydrogens (tertiary/aromatic N) is 3. The molecule has 5 N–H and O–H groups in total. The molecule has 0 unspecified atom stereocenters. The SMILES string of the molecule is N[C@@H](CC[C@@H]1CCC(=O)N1OS(=O)(=O)O)c1nnc(CNC2CNC2)o1. The lowest BCUT2D eigenvalue weighted by Gasteiger charge is -2.27. The zero-order valence-electron chi connectivity index (χ0n) is 14.0. The molecule has 0 radical (unpaired) electrons. The molecular formula is C13H22N6O6S. The number of aromatic nitrogens is 2. The van der Waals surface area contributed by atoms with Gasteiger partial charge in [-0.25, -0.2) is 0 Å². The molecule has 2 aliphatic heterocycles. The van der Waals surface area contributed by atoms with Crippen molar-refractivity contribution in [2.75, 3.05) is 13.1 Å². The van der Waals surface area contributed by atoms with Crippen LogP contribution >= 0.6 is 0 Å². The van der Waals surface area contributed by atoms with Crippen LogP contribution in [0.4, 0.5) is 0 Å². The number of carbonyl (C=O) groups excluding carboxylic acids is 1. The highest BCUT2D eigenvalue weighted by Gasteiger charge is 2.35. The maximum atomic E-state index is 11.7. The summed E-state index contributed by atoms with van der Waals surface area (Å²) >= 11 is 0. The van der Waals surface area contributed by atoms with Crippen LogP contribution < -0.4 is 16.4 Å². The van der Waals surface area contributed by atoms with Gasteiger partial charge in [0.1, 0.15) is 0 Å². The van der Waals surface area contributed by atoms with E-state index in [9.17, 15) is 13.2 Å². The number of amides is 1. The maximum Gasteiger partial charge on any atom is 0.418 e. The average Bonchev–Trinajstić information content (AvgIpc) is 3.11. The van der Waals surface area contributed by atoms with Crippen LogP contribution in [0.25, 0.3) is 0 Å². The smallest absolute Gasteiger partial charge is 0.418 e. The standard InChI is InChI=1S/C13H22N6O6S/c14-10(13-18-17-11(24-13)7-16-8-5-15-6-8)3-1-9-2-4-12(20)19(9)25-26(21,22)23/h8-10,15-16H,1-7,14H2,(H,21,22,23)/t9-,10+/m1/s1. The Hall–Kier alpha value is -1.64. The van der Waals surface area contributed by atoms with Gasteiger partial charge in [0.25, 0.3) is 0 Å². The van der Waals surface area contributed by atoms with Gasteiger partial charge in [0.05, 0.1) is 18.6 Å². The molecule has 12 nitrogen and oxygen atoms in total. The molecule has 1 aromatic heterocycles. The van der Waals surface area contributed by atoms with E-state index in [-0.39, 0.29) is 12.3 Å². The second-order valence-corrected chi connectivity index (χ2v) is 7.37. The fourth-order valence-electron chi connectivity index (χ4n) is 2.83. The first-order valence-electron chi connectivity index (χ1n) is 8.33. The summed E-state index contributed by atoms with van der Waals surface area (Å²) in [6.07, 6.45) is 1.30. The van der Waals surface area contributed by atoms with E-state index in [4.69, 9.17) is 14.7 Å². The van der Waals surface area contributed by atoms with E-state index in [0.29, 0.717) is 42.8 Å². The summed E-state index contributed by atoms with van der Waals surface area (Å²) in [6, 6.07) is -0.650. The van der Waals surface area contributed by atoms with Crippen LogP contribution in [0.3, 0.4) is 0 Å². The number of carbonyl (C=O) groups is 1. The highest BCUT2D eigenvalue weighted by atomic mass is 32.3. The lowest BCUT2D eigenvalue weighted by atomic mass is 10.1. The van der Waals surface area contributed by atoms with Crippen LogP contribution in [0.2, 0.25) is 0 Å². The van der Waals surface area contributed by atoms with Gasteiger partial charge in [0, 0.05) is 25.6 Å². The Morgan fingerprint density at radius 3 is 2.88 bits per heavy atom. The van der Waals surface area contributed by atoms with Crippen LogP contribution in [-0.2, 0) is 26.0 Å². The normalized spacial score (nSPS) is 22.6. The highest BCUT2D eigenvalue weighted by Crippen LogP contribution is 2.26. The summed E-state index contributed by atoms with van der Waals surface area (Å²) in [6.45, 7) is 2.27. The van der Waals surface area contributed by atoms with Gasteiger partial charge >= 0.3 is 10.4 Å². The van der Waals surface area contributed by atoms with E-state index in [1.54, 1.807) is 0 Å². The Bertz CT molecular complexity index is 735. The van der Waals surface area contributed by atoms with Crippen molar-refractivity contribution < 1.29 is 26.5 Å². The first-order chi connectivity index (χ1) is 12.3. The quantitative estimate of drug-likeness (QED) is 0.367. The summed E-state index contributed by atoms with van der Waals surface area (Å²) in [7, 11) is -4.75. The molecule has 3 heterocycles. The van der Waals surface area contributed by atoms with E-state index in [1.165, 1.54) is 0 Å². The van der Waals surface area contributed by atoms with Crippen molar-refractivity contribution in [2.24, 2.45) is 5.73 Å². The zero-order valence-corrected chi connectivity index (χ0v) is 14.8. The molecule has 2 aliphatic rings. The number of hydroxylamine groups is 2. The van der Waals surface area contributed by atoms with Gasteiger partial charge in [0.15, 0.2) is 0 Å². The Morgan fingerprint density at radius 2 is 2.23 bits per heavy atom. The number of nitrogens with one attached hydrogen (secondary N) is 2. The number of hydrogen-bond donors (Lipinski definition) is 4. The van der Waals surface area contributed by atoms with Gasteiger partial charge in [-0.1, -0.05) is 0 Å². The number of rotatable bonds is 9. The van der Waals surface area contributed by atoms with Crippen LogP contribution in [0.1, 0.15) is 43.5 Å². The van der Waals surface area contributed by atoms with Gasteiger partial charge in [-0.3, -0.25) is 9.35 Å². The minimum Gasteiger partial charge on any atom is -0.422 e. The van der Waals surface area contributed by atoms with Crippen LogP contribution in [0.5, 0.6) is 0 Å². The molecule has 1 amide bonds. The largest absolute Gasteiger partial charge is 0.422 e. The molecule has 2 saturated heterocycles. The monoisotopic (exact) mass is 390 g/mol. The van der Waals surface area contributed by atoms with Crippen molar-refractivity contribution in [2.45, 2.75) is 50.4 Å². The van der Waals surface area contributed by atoms with Crippen LogP contribution in [0, 0.1) is 0 Å². The molecule has 0 spiro atoms. The molecular weight excluding hydrogens is 368 g/mol. The van der Waals surface area contributed by atoms with Crippen molar-refractivity contribution in [3.63, 3.8) is 0 Å². The van der Waals surface area contributed by atoms with E-state index >= 15 is 0 Å². The molecule has 0 saturated carbocycles. The fraction of sp³-hybridized carbons (Fsp3) is 0.769. The topological polar surface area (TPSA) is 173 Å².